The second-order valence-electron chi connectivity index (χ2n) is 4.62. The van der Waals surface area contributed by atoms with Gasteiger partial charge in [0.1, 0.15) is 17.1 Å². The molecule has 1 aliphatic rings. The first-order valence-electron chi connectivity index (χ1n) is 6.05. The molecule has 1 aromatic carbocycles. The average Bonchev–Trinajstić information content (AvgIpc) is 2.72. The van der Waals surface area contributed by atoms with Crippen molar-refractivity contribution in [2.75, 3.05) is 20.1 Å². The summed E-state index contributed by atoms with van der Waals surface area (Å²) in [6.07, 6.45) is 2.14. The van der Waals surface area contributed by atoms with E-state index in [2.05, 4.69) is 10.2 Å². The van der Waals surface area contributed by atoms with Gasteiger partial charge < -0.3 is 15.3 Å². The molecule has 0 bridgehead atoms. The highest BCUT2D eigenvalue weighted by Crippen LogP contribution is 2.20. The number of phenols is 1. The quantitative estimate of drug-likeness (QED) is 0.854. The number of nitrogens with zero attached hydrogens (tertiary/aromatic N) is 1. The van der Waals surface area contributed by atoms with Gasteiger partial charge in [-0.1, -0.05) is 6.07 Å². The lowest BCUT2D eigenvalue weighted by Gasteiger charge is -2.19. The number of amides is 1. The van der Waals surface area contributed by atoms with Gasteiger partial charge in [0.05, 0.1) is 0 Å². The van der Waals surface area contributed by atoms with E-state index in [0.29, 0.717) is 12.6 Å². The normalized spacial score (nSPS) is 20.0. The number of rotatable bonds is 3. The van der Waals surface area contributed by atoms with Gasteiger partial charge in [-0.2, -0.15) is 0 Å². The fourth-order valence-electron chi connectivity index (χ4n) is 2.27. The van der Waals surface area contributed by atoms with E-state index in [9.17, 15) is 14.3 Å². The van der Waals surface area contributed by atoms with Crippen molar-refractivity contribution in [2.45, 2.75) is 18.9 Å². The Balaban J connectivity index is 1.99. The Morgan fingerprint density at radius 1 is 1.61 bits per heavy atom. The van der Waals surface area contributed by atoms with Crippen LogP contribution in [0, 0.1) is 5.82 Å². The van der Waals surface area contributed by atoms with Gasteiger partial charge in [-0.3, -0.25) is 4.79 Å². The van der Waals surface area contributed by atoms with Crippen molar-refractivity contribution in [3.05, 3.63) is 29.6 Å². The van der Waals surface area contributed by atoms with E-state index in [4.69, 9.17) is 0 Å². The van der Waals surface area contributed by atoms with Crippen molar-refractivity contribution < 1.29 is 14.3 Å². The fourth-order valence-corrected chi connectivity index (χ4v) is 2.27. The van der Waals surface area contributed by atoms with E-state index >= 15 is 0 Å². The van der Waals surface area contributed by atoms with Crippen molar-refractivity contribution in [2.24, 2.45) is 0 Å². The summed E-state index contributed by atoms with van der Waals surface area (Å²) in [5.41, 5.74) is -0.279. The standard InChI is InChI=1S/C13H17FN2O2/c1-16-7-3-4-9(16)8-15-13(18)12-10(14)5-2-6-11(12)17/h2,5-6,9,17H,3-4,7-8H2,1H3,(H,15,18). The molecule has 0 aromatic heterocycles. The fraction of sp³-hybridized carbons (Fsp3) is 0.462. The summed E-state index contributed by atoms with van der Waals surface area (Å²) in [7, 11) is 2.00. The van der Waals surface area contributed by atoms with Crippen LogP contribution in [0.1, 0.15) is 23.2 Å². The smallest absolute Gasteiger partial charge is 0.258 e. The molecule has 5 heteroatoms. The molecule has 2 rings (SSSR count). The van der Waals surface area contributed by atoms with Crippen molar-refractivity contribution >= 4 is 5.91 Å². The van der Waals surface area contributed by atoms with Gasteiger partial charge in [-0.15, -0.1) is 0 Å². The van der Waals surface area contributed by atoms with Gasteiger partial charge in [-0.05, 0) is 38.6 Å². The van der Waals surface area contributed by atoms with Crippen LogP contribution in [0.3, 0.4) is 0 Å². The Labute approximate surface area is 105 Å². The number of hydrogen-bond donors (Lipinski definition) is 2. The number of carbonyl (C=O) groups is 1. The predicted molar refractivity (Wildman–Crippen MR) is 66.1 cm³/mol. The van der Waals surface area contributed by atoms with Crippen LogP contribution in [0.5, 0.6) is 5.75 Å². The minimum atomic E-state index is -0.702. The molecule has 2 N–H and O–H groups in total. The number of benzene rings is 1. The third kappa shape index (κ3) is 2.61. The summed E-state index contributed by atoms with van der Waals surface area (Å²) in [5, 5.41) is 12.2. The first-order valence-corrected chi connectivity index (χ1v) is 6.05. The summed E-state index contributed by atoms with van der Waals surface area (Å²) >= 11 is 0. The van der Waals surface area contributed by atoms with E-state index in [1.807, 2.05) is 7.05 Å². The van der Waals surface area contributed by atoms with Gasteiger partial charge >= 0.3 is 0 Å². The molecule has 1 fully saturated rings. The molecule has 98 valence electrons. The highest BCUT2D eigenvalue weighted by atomic mass is 19.1. The zero-order chi connectivity index (χ0) is 13.1. The molecular weight excluding hydrogens is 235 g/mol. The van der Waals surface area contributed by atoms with Crippen LogP contribution in [-0.2, 0) is 0 Å². The van der Waals surface area contributed by atoms with Gasteiger partial charge in [0.25, 0.3) is 5.91 Å². The van der Waals surface area contributed by atoms with Crippen LogP contribution < -0.4 is 5.32 Å². The maximum absolute atomic E-state index is 13.4. The topological polar surface area (TPSA) is 52.6 Å². The molecule has 4 nitrogen and oxygen atoms in total. The minimum absolute atomic E-state index is 0.279. The zero-order valence-corrected chi connectivity index (χ0v) is 10.3. The third-order valence-corrected chi connectivity index (χ3v) is 3.39. The molecule has 1 amide bonds. The summed E-state index contributed by atoms with van der Waals surface area (Å²) in [5.74, 6) is -1.59. The zero-order valence-electron chi connectivity index (χ0n) is 10.3. The van der Waals surface area contributed by atoms with Crippen molar-refractivity contribution in [3.63, 3.8) is 0 Å². The molecule has 1 aliphatic heterocycles. The molecule has 0 aliphatic carbocycles. The predicted octanol–water partition coefficient (Wildman–Crippen LogP) is 1.36. The third-order valence-electron chi connectivity index (χ3n) is 3.39. The number of hydrogen-bond acceptors (Lipinski definition) is 3. The second-order valence-corrected chi connectivity index (χ2v) is 4.62. The molecule has 0 saturated carbocycles. The van der Waals surface area contributed by atoms with Crippen LogP contribution in [-0.4, -0.2) is 42.1 Å². The molecule has 1 unspecified atom stereocenters. The summed E-state index contributed by atoms with van der Waals surface area (Å²) in [6.45, 7) is 1.49. The van der Waals surface area contributed by atoms with Gasteiger partial charge in [0.15, 0.2) is 0 Å². The average molecular weight is 252 g/mol. The number of carbonyl (C=O) groups excluding carboxylic acids is 1. The minimum Gasteiger partial charge on any atom is -0.507 e. The number of likely N-dealkylation sites (N-methyl/N-ethyl adjacent to an activating group) is 1. The maximum Gasteiger partial charge on any atom is 0.258 e. The molecule has 0 radical (unpaired) electrons. The Bertz CT molecular complexity index is 430. The van der Waals surface area contributed by atoms with Gasteiger partial charge in [0, 0.05) is 12.6 Å². The summed E-state index contributed by atoms with van der Waals surface area (Å²) in [4.78, 5) is 14.0. The first kappa shape index (κ1) is 12.8. The van der Waals surface area contributed by atoms with Crippen molar-refractivity contribution in [3.8, 4) is 5.75 Å². The van der Waals surface area contributed by atoms with E-state index in [0.717, 1.165) is 25.5 Å². The van der Waals surface area contributed by atoms with E-state index in [1.165, 1.54) is 12.1 Å². The summed E-state index contributed by atoms with van der Waals surface area (Å²) in [6, 6.07) is 4.13. The van der Waals surface area contributed by atoms with Crippen molar-refractivity contribution in [1.82, 2.24) is 10.2 Å². The Morgan fingerprint density at radius 2 is 2.39 bits per heavy atom. The molecule has 1 atom stereocenters. The number of phenolic OH excluding ortho intramolecular Hbond substituents is 1. The molecule has 1 heterocycles. The molecule has 1 saturated heterocycles. The lowest BCUT2D eigenvalue weighted by atomic mass is 10.1. The summed E-state index contributed by atoms with van der Waals surface area (Å²) < 4.78 is 13.4. The number of halogens is 1. The Morgan fingerprint density at radius 3 is 3.00 bits per heavy atom. The van der Waals surface area contributed by atoms with Crippen molar-refractivity contribution in [1.29, 1.82) is 0 Å². The van der Waals surface area contributed by atoms with E-state index < -0.39 is 11.7 Å². The first-order chi connectivity index (χ1) is 8.59. The molecular formula is C13H17FN2O2. The SMILES string of the molecule is CN1CCCC1CNC(=O)c1c(O)cccc1F. The van der Waals surface area contributed by atoms with Crippen LogP contribution in [0.25, 0.3) is 0 Å². The maximum atomic E-state index is 13.4. The number of likely N-dealkylation sites (tertiary alicyclic amines) is 1. The molecule has 1 aromatic rings. The van der Waals surface area contributed by atoms with E-state index in [1.54, 1.807) is 0 Å². The van der Waals surface area contributed by atoms with E-state index in [-0.39, 0.29) is 11.3 Å². The van der Waals surface area contributed by atoms with Crippen LogP contribution in [0.2, 0.25) is 0 Å². The van der Waals surface area contributed by atoms with Crippen LogP contribution >= 0.6 is 0 Å². The van der Waals surface area contributed by atoms with Crippen LogP contribution in [0.15, 0.2) is 18.2 Å². The lowest BCUT2D eigenvalue weighted by molar-refractivity contribution is 0.0936. The second kappa shape index (κ2) is 5.35. The monoisotopic (exact) mass is 252 g/mol. The molecule has 18 heavy (non-hydrogen) atoms. The molecule has 0 spiro atoms. The van der Waals surface area contributed by atoms with Crippen LogP contribution in [0.4, 0.5) is 4.39 Å². The number of aromatic hydroxyl groups is 1. The largest absolute Gasteiger partial charge is 0.507 e. The lowest BCUT2D eigenvalue weighted by Crippen LogP contribution is -2.38. The highest BCUT2D eigenvalue weighted by molar-refractivity contribution is 5.97. The highest BCUT2D eigenvalue weighted by Gasteiger charge is 2.23. The Hall–Kier alpha value is -1.62. The van der Waals surface area contributed by atoms with Gasteiger partial charge in [-0.25, -0.2) is 4.39 Å². The van der Waals surface area contributed by atoms with Gasteiger partial charge in [0.2, 0.25) is 0 Å². The number of nitrogens with one attached hydrogen (secondary N) is 1. The Kier molecular flexibility index (Phi) is 3.81.